The topological polar surface area (TPSA) is 78.4 Å². The van der Waals surface area contributed by atoms with Crippen LogP contribution in [0.1, 0.15) is 24.0 Å². The third-order valence-corrected chi connectivity index (χ3v) is 4.70. The number of halogens is 1. The van der Waals surface area contributed by atoms with Crippen molar-refractivity contribution in [3.05, 3.63) is 71.5 Å². The highest BCUT2D eigenvalue weighted by atomic mass is 19.1. The molecule has 0 radical (unpaired) electrons. The number of rotatable bonds is 7. The molecule has 6 heteroatoms. The molecule has 0 bridgehead atoms. The van der Waals surface area contributed by atoms with Crippen LogP contribution in [0, 0.1) is 5.82 Å². The molecule has 3 N–H and O–H groups in total. The van der Waals surface area contributed by atoms with Crippen molar-refractivity contribution in [2.24, 2.45) is 0 Å². The molecule has 0 heterocycles. The summed E-state index contributed by atoms with van der Waals surface area (Å²) in [6.45, 7) is -0.304. The fraction of sp³-hybridized carbons (Fsp3) is 0.300. The minimum atomic E-state index is -1.02. The first-order valence-corrected chi connectivity index (χ1v) is 8.55. The minimum Gasteiger partial charge on any atom is -0.394 e. The Morgan fingerprint density at radius 1 is 1.08 bits per heavy atom. The molecule has 3 rings (SSSR count). The lowest BCUT2D eigenvalue weighted by Crippen LogP contribution is -2.51. The van der Waals surface area contributed by atoms with Crippen molar-refractivity contribution >= 4 is 11.8 Å². The first kappa shape index (κ1) is 18.1. The standard InChI is InChI=1S/C20H21FN2O3/c21-16-8-6-14(7-9-16)12-22-18(25)17(13-24)23-19(26)20(10-11-20)15-4-2-1-3-5-15/h1-9,17,24H,10-13H2,(H,22,25)(H,23,26)/t17-/m0/s1. The van der Waals surface area contributed by atoms with Gasteiger partial charge in [-0.2, -0.15) is 0 Å². The molecule has 1 fully saturated rings. The molecule has 1 atom stereocenters. The van der Waals surface area contributed by atoms with Crippen molar-refractivity contribution in [2.75, 3.05) is 6.61 Å². The number of aliphatic hydroxyl groups is 1. The average Bonchev–Trinajstić information content (AvgIpc) is 3.48. The van der Waals surface area contributed by atoms with Gasteiger partial charge in [0.1, 0.15) is 11.9 Å². The number of hydrogen-bond donors (Lipinski definition) is 3. The second-order valence-corrected chi connectivity index (χ2v) is 6.50. The molecule has 0 spiro atoms. The Morgan fingerprint density at radius 2 is 1.73 bits per heavy atom. The van der Waals surface area contributed by atoms with Crippen LogP contribution in [0.4, 0.5) is 4.39 Å². The third-order valence-electron chi connectivity index (χ3n) is 4.70. The van der Waals surface area contributed by atoms with E-state index in [1.807, 2.05) is 30.3 Å². The Morgan fingerprint density at radius 3 is 2.31 bits per heavy atom. The Hall–Kier alpha value is -2.73. The van der Waals surface area contributed by atoms with Crippen molar-refractivity contribution in [2.45, 2.75) is 30.8 Å². The van der Waals surface area contributed by atoms with Gasteiger partial charge < -0.3 is 15.7 Å². The SMILES string of the molecule is O=C(NCc1ccc(F)cc1)[C@H](CO)NC(=O)C1(c2ccccc2)CC1. The van der Waals surface area contributed by atoms with Crippen LogP contribution in [-0.4, -0.2) is 29.6 Å². The van der Waals surface area contributed by atoms with Crippen molar-refractivity contribution in [1.82, 2.24) is 10.6 Å². The molecule has 1 saturated carbocycles. The van der Waals surface area contributed by atoms with Crippen molar-refractivity contribution in [3.8, 4) is 0 Å². The Bertz CT molecular complexity index is 773. The molecule has 0 unspecified atom stereocenters. The Labute approximate surface area is 151 Å². The predicted molar refractivity (Wildman–Crippen MR) is 94.6 cm³/mol. The van der Waals surface area contributed by atoms with Crippen LogP contribution >= 0.6 is 0 Å². The molecule has 136 valence electrons. The molecule has 0 saturated heterocycles. The van der Waals surface area contributed by atoms with E-state index in [0.29, 0.717) is 0 Å². The molecule has 0 aliphatic heterocycles. The highest BCUT2D eigenvalue weighted by Crippen LogP contribution is 2.48. The zero-order chi connectivity index (χ0) is 18.6. The molecular formula is C20H21FN2O3. The van der Waals surface area contributed by atoms with Crippen LogP contribution in [0.15, 0.2) is 54.6 Å². The van der Waals surface area contributed by atoms with E-state index in [9.17, 15) is 19.1 Å². The van der Waals surface area contributed by atoms with Gasteiger partial charge in [-0.05, 0) is 36.1 Å². The highest BCUT2D eigenvalue weighted by molar-refractivity contribution is 5.95. The smallest absolute Gasteiger partial charge is 0.245 e. The van der Waals surface area contributed by atoms with Gasteiger partial charge in [0.25, 0.3) is 0 Å². The maximum absolute atomic E-state index is 12.9. The lowest BCUT2D eigenvalue weighted by molar-refractivity contribution is -0.131. The second-order valence-electron chi connectivity index (χ2n) is 6.50. The summed E-state index contributed by atoms with van der Waals surface area (Å²) >= 11 is 0. The first-order chi connectivity index (χ1) is 12.5. The van der Waals surface area contributed by atoms with Gasteiger partial charge >= 0.3 is 0 Å². The van der Waals surface area contributed by atoms with Crippen molar-refractivity contribution < 1.29 is 19.1 Å². The normalized spacial score (nSPS) is 15.8. The molecule has 26 heavy (non-hydrogen) atoms. The van der Waals surface area contributed by atoms with Crippen molar-refractivity contribution in [1.29, 1.82) is 0 Å². The summed E-state index contributed by atoms with van der Waals surface area (Å²) in [5.74, 6) is -1.08. The van der Waals surface area contributed by atoms with E-state index in [1.165, 1.54) is 12.1 Å². The zero-order valence-electron chi connectivity index (χ0n) is 14.2. The Balaban J connectivity index is 1.59. The minimum absolute atomic E-state index is 0.190. The molecule has 2 aromatic carbocycles. The van der Waals surface area contributed by atoms with Gasteiger partial charge in [-0.1, -0.05) is 42.5 Å². The van der Waals surface area contributed by atoms with Crippen LogP contribution in [-0.2, 0) is 21.5 Å². The summed E-state index contributed by atoms with van der Waals surface area (Å²) in [5, 5.41) is 14.8. The number of carbonyl (C=O) groups excluding carboxylic acids is 2. The van der Waals surface area contributed by atoms with E-state index in [0.717, 1.165) is 24.0 Å². The van der Waals surface area contributed by atoms with Gasteiger partial charge in [0.05, 0.1) is 12.0 Å². The van der Waals surface area contributed by atoms with Gasteiger partial charge in [-0.3, -0.25) is 9.59 Å². The van der Waals surface area contributed by atoms with Gasteiger partial charge in [-0.15, -0.1) is 0 Å². The summed E-state index contributed by atoms with van der Waals surface area (Å²) < 4.78 is 12.9. The molecule has 1 aliphatic carbocycles. The number of carbonyl (C=O) groups is 2. The summed E-state index contributed by atoms with van der Waals surface area (Å²) in [7, 11) is 0. The molecule has 2 amide bonds. The highest BCUT2D eigenvalue weighted by Gasteiger charge is 2.51. The molecule has 1 aliphatic rings. The summed E-state index contributed by atoms with van der Waals surface area (Å²) in [5.41, 5.74) is 1.04. The maximum atomic E-state index is 12.9. The number of amides is 2. The van der Waals surface area contributed by atoms with Crippen LogP contribution < -0.4 is 10.6 Å². The zero-order valence-corrected chi connectivity index (χ0v) is 14.2. The van der Waals surface area contributed by atoms with Gasteiger partial charge in [0, 0.05) is 6.54 Å². The summed E-state index contributed by atoms with van der Waals surface area (Å²) in [6.07, 6.45) is 1.44. The number of nitrogens with one attached hydrogen (secondary N) is 2. The lowest BCUT2D eigenvalue weighted by Gasteiger charge is -2.21. The van der Waals surface area contributed by atoms with E-state index in [4.69, 9.17) is 0 Å². The van der Waals surface area contributed by atoms with Gasteiger partial charge in [0.15, 0.2) is 0 Å². The van der Waals surface area contributed by atoms with E-state index in [2.05, 4.69) is 10.6 Å². The lowest BCUT2D eigenvalue weighted by atomic mass is 9.94. The largest absolute Gasteiger partial charge is 0.394 e. The Kier molecular flexibility index (Phi) is 5.32. The number of aliphatic hydroxyl groups excluding tert-OH is 1. The average molecular weight is 356 g/mol. The van der Waals surface area contributed by atoms with Crippen LogP contribution in [0.5, 0.6) is 0 Å². The quantitative estimate of drug-likeness (QED) is 0.706. The van der Waals surface area contributed by atoms with E-state index in [-0.39, 0.29) is 18.3 Å². The van der Waals surface area contributed by atoms with E-state index >= 15 is 0 Å². The van der Waals surface area contributed by atoms with Crippen LogP contribution in [0.25, 0.3) is 0 Å². The van der Waals surface area contributed by atoms with Crippen LogP contribution in [0.2, 0.25) is 0 Å². The summed E-state index contributed by atoms with van der Waals surface area (Å²) in [4.78, 5) is 24.9. The predicted octanol–water partition coefficient (Wildman–Crippen LogP) is 1.65. The fourth-order valence-electron chi connectivity index (χ4n) is 2.93. The number of benzene rings is 2. The van der Waals surface area contributed by atoms with Crippen molar-refractivity contribution in [3.63, 3.8) is 0 Å². The van der Waals surface area contributed by atoms with E-state index < -0.39 is 24.0 Å². The molecular weight excluding hydrogens is 335 g/mol. The summed E-state index contributed by atoms with van der Waals surface area (Å²) in [6, 6.07) is 14.2. The third kappa shape index (κ3) is 3.91. The number of hydrogen-bond acceptors (Lipinski definition) is 3. The van der Waals surface area contributed by atoms with E-state index in [1.54, 1.807) is 12.1 Å². The maximum Gasteiger partial charge on any atom is 0.245 e. The van der Waals surface area contributed by atoms with Crippen LogP contribution in [0.3, 0.4) is 0 Å². The van der Waals surface area contributed by atoms with Gasteiger partial charge in [0.2, 0.25) is 11.8 Å². The monoisotopic (exact) mass is 356 g/mol. The molecule has 5 nitrogen and oxygen atoms in total. The molecule has 0 aromatic heterocycles. The first-order valence-electron chi connectivity index (χ1n) is 8.55. The van der Waals surface area contributed by atoms with Gasteiger partial charge in [-0.25, -0.2) is 4.39 Å². The molecule has 2 aromatic rings. The fourth-order valence-corrected chi connectivity index (χ4v) is 2.93. The second kappa shape index (κ2) is 7.66.